The van der Waals surface area contributed by atoms with Gasteiger partial charge in [-0.25, -0.2) is 4.98 Å². The maximum absolute atomic E-state index is 8.81. The minimum atomic E-state index is 0.145. The molecule has 0 aliphatic heterocycles. The number of nitrogens with two attached hydrogens (primary N) is 1. The molecule has 1 aromatic carbocycles. The highest BCUT2D eigenvalue weighted by molar-refractivity contribution is 5.79. The molecule has 2 heterocycles. The highest BCUT2D eigenvalue weighted by Gasteiger charge is 2.17. The maximum Gasteiger partial charge on any atom is 0.198 e. The van der Waals surface area contributed by atoms with Gasteiger partial charge in [0.15, 0.2) is 5.95 Å². The first-order valence-electron chi connectivity index (χ1n) is 8.70. The Hall–Kier alpha value is -2.63. The Morgan fingerprint density at radius 3 is 2.27 bits per heavy atom. The van der Waals surface area contributed by atoms with Gasteiger partial charge in [-0.05, 0) is 49.4 Å². The van der Waals surface area contributed by atoms with Crippen molar-refractivity contribution >= 4 is 23.3 Å². The Morgan fingerprint density at radius 2 is 1.85 bits per heavy atom. The number of aromatic amines is 1. The second kappa shape index (κ2) is 9.17. The summed E-state index contributed by atoms with van der Waals surface area (Å²) in [4.78, 5) is 16.1. The molecule has 0 unspecified atom stereocenters. The molecule has 3 aromatic rings. The van der Waals surface area contributed by atoms with Gasteiger partial charge in [0, 0.05) is 12.5 Å². The topological polar surface area (TPSA) is 97.8 Å². The lowest BCUT2D eigenvalue weighted by molar-refractivity contribution is -0.106. The fourth-order valence-electron chi connectivity index (χ4n) is 2.58. The molecule has 0 atom stereocenters. The summed E-state index contributed by atoms with van der Waals surface area (Å²) in [5, 5.41) is 3.71. The number of hydrogen-bond donors (Lipinski definition) is 2. The molecule has 3 rings (SSSR count). The van der Waals surface area contributed by atoms with Crippen LogP contribution in [0.3, 0.4) is 0 Å². The van der Waals surface area contributed by atoms with Gasteiger partial charge >= 0.3 is 0 Å². The summed E-state index contributed by atoms with van der Waals surface area (Å²) in [5.41, 5.74) is 11.3. The number of hydrogen-bond acceptors (Lipinski definition) is 5. The predicted octanol–water partition coefficient (Wildman–Crippen LogP) is 4.50. The standard InChI is InChI=1S/C12H17N3.C6H9NO.C2H4O/c1-7-5-9-10(15-11(13)14-9)6-8(7)12(2,3)4;1-3-6-4-5(2)7-8-6;1-2-3/h5-6H,1-4H3,(H3,13,14,15);4H,3H2,1-2H3;2H,1H3. The highest BCUT2D eigenvalue weighted by Crippen LogP contribution is 2.28. The van der Waals surface area contributed by atoms with Crippen LogP contribution in [-0.4, -0.2) is 21.4 Å². The number of nitrogen functional groups attached to an aromatic ring is 1. The summed E-state index contributed by atoms with van der Waals surface area (Å²) in [5.74, 6) is 1.44. The number of aromatic nitrogens is 3. The normalized spacial score (nSPS) is 10.6. The van der Waals surface area contributed by atoms with Gasteiger partial charge in [0.1, 0.15) is 12.0 Å². The molecule has 0 radical (unpaired) electrons. The number of anilines is 1. The van der Waals surface area contributed by atoms with Crippen molar-refractivity contribution in [1.82, 2.24) is 15.1 Å². The van der Waals surface area contributed by atoms with Gasteiger partial charge in [-0.15, -0.1) is 0 Å². The first kappa shape index (κ1) is 21.4. The van der Waals surface area contributed by atoms with E-state index in [-0.39, 0.29) is 5.41 Å². The van der Waals surface area contributed by atoms with Crippen LogP contribution in [0.1, 0.15) is 57.2 Å². The van der Waals surface area contributed by atoms with Crippen molar-refractivity contribution in [2.45, 2.75) is 60.3 Å². The van der Waals surface area contributed by atoms with Gasteiger partial charge < -0.3 is 20.0 Å². The number of imidazole rings is 1. The third-order valence-electron chi connectivity index (χ3n) is 3.68. The minimum absolute atomic E-state index is 0.145. The van der Waals surface area contributed by atoms with Gasteiger partial charge in [0.25, 0.3) is 0 Å². The van der Waals surface area contributed by atoms with Crippen molar-refractivity contribution in [3.05, 3.63) is 40.8 Å². The lowest BCUT2D eigenvalue weighted by Crippen LogP contribution is -2.12. The third-order valence-corrected chi connectivity index (χ3v) is 3.68. The van der Waals surface area contributed by atoms with E-state index in [1.807, 2.05) is 19.9 Å². The minimum Gasteiger partial charge on any atom is -0.369 e. The zero-order chi connectivity index (χ0) is 19.9. The van der Waals surface area contributed by atoms with Crippen LogP contribution < -0.4 is 5.73 Å². The molecular formula is C20H30N4O2. The van der Waals surface area contributed by atoms with Crippen molar-refractivity contribution in [1.29, 1.82) is 0 Å². The number of benzene rings is 1. The molecule has 6 nitrogen and oxygen atoms in total. The molecule has 2 aromatic heterocycles. The van der Waals surface area contributed by atoms with Crippen LogP contribution in [0.5, 0.6) is 0 Å². The second-order valence-corrected chi connectivity index (χ2v) is 7.08. The smallest absolute Gasteiger partial charge is 0.198 e. The van der Waals surface area contributed by atoms with Crippen LogP contribution in [-0.2, 0) is 16.6 Å². The summed E-state index contributed by atoms with van der Waals surface area (Å²) in [6.45, 7) is 14.1. The predicted molar refractivity (Wildman–Crippen MR) is 106 cm³/mol. The molecule has 0 amide bonds. The lowest BCUT2D eigenvalue weighted by Gasteiger charge is -2.21. The van der Waals surface area contributed by atoms with Crippen LogP contribution in [0.4, 0.5) is 5.95 Å². The molecule has 3 N–H and O–H groups in total. The van der Waals surface area contributed by atoms with E-state index in [1.165, 1.54) is 18.1 Å². The highest BCUT2D eigenvalue weighted by atomic mass is 16.5. The van der Waals surface area contributed by atoms with E-state index in [4.69, 9.17) is 15.1 Å². The van der Waals surface area contributed by atoms with Crippen molar-refractivity contribution in [3.63, 3.8) is 0 Å². The SMILES string of the molecule is CC=O.CCc1cc(C)no1.Cc1cc2[nH]c(N)nc2cc1C(C)(C)C. The largest absolute Gasteiger partial charge is 0.369 e. The van der Waals surface area contributed by atoms with Crippen LogP contribution in [0, 0.1) is 13.8 Å². The average Bonchev–Trinajstić information content (AvgIpc) is 3.11. The number of fused-ring (bicyclic) bond motifs is 1. The zero-order valence-corrected chi connectivity index (χ0v) is 16.8. The molecule has 0 fully saturated rings. The quantitative estimate of drug-likeness (QED) is 0.624. The Balaban J connectivity index is 0.000000258. The number of carbonyl (C=O) groups excluding carboxylic acids is 1. The van der Waals surface area contributed by atoms with Gasteiger partial charge in [0.2, 0.25) is 0 Å². The Labute approximate surface area is 155 Å². The summed E-state index contributed by atoms with van der Waals surface area (Å²) < 4.78 is 4.86. The van der Waals surface area contributed by atoms with Crippen LogP contribution in [0.2, 0.25) is 0 Å². The fraction of sp³-hybridized carbons (Fsp3) is 0.450. The van der Waals surface area contributed by atoms with E-state index >= 15 is 0 Å². The van der Waals surface area contributed by atoms with E-state index in [1.54, 1.807) is 0 Å². The molecule has 0 saturated carbocycles. The Bertz CT molecular complexity index is 841. The maximum atomic E-state index is 8.81. The number of carbonyl (C=O) groups is 1. The molecule has 0 bridgehead atoms. The van der Waals surface area contributed by atoms with Gasteiger partial charge in [-0.1, -0.05) is 32.9 Å². The van der Waals surface area contributed by atoms with Crippen LogP contribution >= 0.6 is 0 Å². The first-order chi connectivity index (χ1) is 12.1. The summed E-state index contributed by atoms with van der Waals surface area (Å²) >= 11 is 0. The number of H-pyrrole nitrogens is 1. The van der Waals surface area contributed by atoms with Crippen molar-refractivity contribution < 1.29 is 9.32 Å². The van der Waals surface area contributed by atoms with Crippen molar-refractivity contribution in [2.75, 3.05) is 5.73 Å². The third kappa shape index (κ3) is 6.02. The number of nitrogens with zero attached hydrogens (tertiary/aromatic N) is 2. The lowest BCUT2D eigenvalue weighted by atomic mass is 9.84. The number of aldehydes is 1. The van der Waals surface area contributed by atoms with Crippen molar-refractivity contribution in [2.24, 2.45) is 0 Å². The molecule has 6 heteroatoms. The monoisotopic (exact) mass is 358 g/mol. The average molecular weight is 358 g/mol. The second-order valence-electron chi connectivity index (χ2n) is 7.08. The molecule has 26 heavy (non-hydrogen) atoms. The Kier molecular flexibility index (Phi) is 7.56. The van der Waals surface area contributed by atoms with Crippen LogP contribution in [0.25, 0.3) is 11.0 Å². The van der Waals surface area contributed by atoms with Crippen molar-refractivity contribution in [3.8, 4) is 0 Å². The van der Waals surface area contributed by atoms with E-state index < -0.39 is 0 Å². The Morgan fingerprint density at radius 1 is 1.23 bits per heavy atom. The first-order valence-corrected chi connectivity index (χ1v) is 8.70. The molecular weight excluding hydrogens is 328 g/mol. The summed E-state index contributed by atoms with van der Waals surface area (Å²) in [6, 6.07) is 6.18. The number of rotatable bonds is 1. The van der Waals surface area contributed by atoms with E-state index in [2.05, 4.69) is 55.0 Å². The zero-order valence-electron chi connectivity index (χ0n) is 16.8. The van der Waals surface area contributed by atoms with Gasteiger partial charge in [-0.3, -0.25) is 0 Å². The number of nitrogens with one attached hydrogen (secondary N) is 1. The molecule has 0 aliphatic rings. The van der Waals surface area contributed by atoms with Gasteiger partial charge in [0.05, 0.1) is 16.7 Å². The van der Waals surface area contributed by atoms with Crippen LogP contribution in [0.15, 0.2) is 22.7 Å². The molecule has 0 aliphatic carbocycles. The van der Waals surface area contributed by atoms with Gasteiger partial charge in [-0.2, -0.15) is 0 Å². The molecule has 0 saturated heterocycles. The fourth-order valence-corrected chi connectivity index (χ4v) is 2.58. The number of aryl methyl sites for hydroxylation is 3. The molecule has 0 spiro atoms. The summed E-state index contributed by atoms with van der Waals surface area (Å²) in [6.07, 6.45) is 1.68. The summed E-state index contributed by atoms with van der Waals surface area (Å²) in [7, 11) is 0. The van der Waals surface area contributed by atoms with E-state index in [9.17, 15) is 0 Å². The van der Waals surface area contributed by atoms with E-state index in [0.717, 1.165) is 35.2 Å². The molecule has 142 valence electrons. The van der Waals surface area contributed by atoms with E-state index in [0.29, 0.717) is 5.95 Å².